The van der Waals surface area contributed by atoms with Crippen molar-refractivity contribution >= 4 is 48.0 Å². The third kappa shape index (κ3) is 6.17. The van der Waals surface area contributed by atoms with E-state index in [1.54, 1.807) is 40.0 Å². The van der Waals surface area contributed by atoms with Crippen LogP contribution in [-0.4, -0.2) is 68.2 Å². The van der Waals surface area contributed by atoms with E-state index < -0.39 is 25.7 Å². The fraction of sp³-hybridized carbons (Fsp3) is 0.286. The van der Waals surface area contributed by atoms with Gasteiger partial charge in [0.2, 0.25) is 5.91 Å². The number of ether oxygens (including phenoxy) is 3. The van der Waals surface area contributed by atoms with E-state index in [-0.39, 0.29) is 48.9 Å². The monoisotopic (exact) mass is 819 g/mol. The molecular formula is C49H49N3O7Si. The van der Waals surface area contributed by atoms with Crippen LogP contribution in [0.2, 0.25) is 18.6 Å². The van der Waals surface area contributed by atoms with Gasteiger partial charge in [-0.1, -0.05) is 91.9 Å². The number of anilines is 3. The van der Waals surface area contributed by atoms with Crippen LogP contribution in [0.25, 0.3) is 0 Å². The van der Waals surface area contributed by atoms with Crippen LogP contribution in [0.3, 0.4) is 0 Å². The molecule has 4 aliphatic heterocycles. The van der Waals surface area contributed by atoms with E-state index >= 15 is 4.79 Å². The van der Waals surface area contributed by atoms with Gasteiger partial charge in [0, 0.05) is 30.3 Å². The molecule has 5 atom stereocenters. The molecule has 4 heterocycles. The van der Waals surface area contributed by atoms with Crippen molar-refractivity contribution in [3.63, 3.8) is 0 Å². The average molecular weight is 820 g/mol. The fourth-order valence-corrected chi connectivity index (χ4v) is 14.4. The lowest BCUT2D eigenvalue weighted by molar-refractivity contribution is -0.150. The molecule has 1 fully saturated rings. The van der Waals surface area contributed by atoms with Crippen LogP contribution >= 0.6 is 0 Å². The number of benzene rings is 5. The van der Waals surface area contributed by atoms with Crippen LogP contribution in [0.4, 0.5) is 17.1 Å². The minimum absolute atomic E-state index is 0.0257. The minimum Gasteiger partial charge on any atom is -0.497 e. The van der Waals surface area contributed by atoms with Crippen molar-refractivity contribution < 1.29 is 33.7 Å². The quantitative estimate of drug-likeness (QED) is 0.119. The highest BCUT2D eigenvalue weighted by atomic mass is 28.3. The van der Waals surface area contributed by atoms with Crippen LogP contribution in [0.5, 0.6) is 17.2 Å². The molecule has 0 aromatic heterocycles. The molecule has 9 rings (SSSR count). The van der Waals surface area contributed by atoms with Crippen molar-refractivity contribution in [2.75, 3.05) is 30.1 Å². The Kier molecular flexibility index (Phi) is 10.0. The molecule has 306 valence electrons. The molecule has 4 aliphatic rings. The zero-order valence-corrected chi connectivity index (χ0v) is 35.3. The SMILES string of the molecule is C=CCN1C(=O)[C@@]2(O[C@@H](CC(=O)N3Cc4ccccc4C[C@H]3CO)[C@H]([Si](C)(C)c3ccc(OC)cc3)[C@H]2C)c2cc(N3C(=O)c4ccccc4Oc4ccccc43)ccc21. The van der Waals surface area contributed by atoms with Crippen LogP contribution in [0.15, 0.2) is 128 Å². The minimum atomic E-state index is -2.62. The fourth-order valence-electron chi connectivity index (χ4n) is 10.3. The van der Waals surface area contributed by atoms with E-state index in [2.05, 4.69) is 44.8 Å². The molecule has 10 nitrogen and oxygen atoms in total. The number of hydrogen-bond acceptors (Lipinski definition) is 7. The van der Waals surface area contributed by atoms with Gasteiger partial charge >= 0.3 is 0 Å². The number of methoxy groups -OCH3 is 1. The number of rotatable bonds is 9. The van der Waals surface area contributed by atoms with Gasteiger partial charge in [-0.05, 0) is 77.7 Å². The second kappa shape index (κ2) is 15.2. The molecule has 3 amide bonds. The largest absolute Gasteiger partial charge is 0.497 e. The number of aliphatic hydroxyl groups excluding tert-OH is 1. The molecule has 0 saturated carbocycles. The van der Waals surface area contributed by atoms with Crippen LogP contribution < -0.4 is 24.5 Å². The van der Waals surface area contributed by atoms with Crippen molar-refractivity contribution in [1.82, 2.24) is 4.90 Å². The van der Waals surface area contributed by atoms with Gasteiger partial charge in [0.1, 0.15) is 11.5 Å². The summed E-state index contributed by atoms with van der Waals surface area (Å²) in [6.07, 6.45) is 1.63. The van der Waals surface area contributed by atoms with Gasteiger partial charge in [0.05, 0.1) is 57.3 Å². The molecule has 11 heteroatoms. The van der Waals surface area contributed by atoms with E-state index in [1.165, 1.54) is 0 Å². The molecule has 0 radical (unpaired) electrons. The van der Waals surface area contributed by atoms with Crippen LogP contribution in [0, 0.1) is 5.92 Å². The van der Waals surface area contributed by atoms with E-state index in [4.69, 9.17) is 14.2 Å². The number of nitrogens with zero attached hydrogens (tertiary/aromatic N) is 3. The summed E-state index contributed by atoms with van der Waals surface area (Å²) in [7, 11) is -0.972. The van der Waals surface area contributed by atoms with Gasteiger partial charge in [-0.15, -0.1) is 6.58 Å². The Morgan fingerprint density at radius 2 is 1.62 bits per heavy atom. The lowest BCUT2D eigenvalue weighted by Crippen LogP contribution is -2.52. The van der Waals surface area contributed by atoms with Gasteiger partial charge in [-0.2, -0.15) is 0 Å². The maximum absolute atomic E-state index is 15.3. The van der Waals surface area contributed by atoms with Crippen molar-refractivity contribution in [3.8, 4) is 17.2 Å². The molecule has 5 aromatic carbocycles. The highest BCUT2D eigenvalue weighted by Gasteiger charge is 2.66. The average Bonchev–Trinajstić information content (AvgIpc) is 3.64. The Hall–Kier alpha value is -6.01. The predicted molar refractivity (Wildman–Crippen MR) is 234 cm³/mol. The summed E-state index contributed by atoms with van der Waals surface area (Å²) in [5.41, 5.74) is 3.31. The van der Waals surface area contributed by atoms with Gasteiger partial charge < -0.3 is 29.1 Å². The zero-order valence-electron chi connectivity index (χ0n) is 34.3. The highest BCUT2D eigenvalue weighted by molar-refractivity contribution is 6.91. The Balaban J connectivity index is 1.18. The summed E-state index contributed by atoms with van der Waals surface area (Å²) in [5, 5.41) is 11.7. The second-order valence-electron chi connectivity index (χ2n) is 16.8. The Labute approximate surface area is 351 Å². The molecule has 0 bridgehead atoms. The smallest absolute Gasteiger partial charge is 0.266 e. The number of aliphatic hydroxyl groups is 1. The standard InChI is InChI=1S/C49H49N3O7Si/c1-6-25-50-40-24-19-34(52-41-16-10-12-18-43(41)58-42-17-11-9-15-38(42)47(52)55)27-39(40)49(48(50)56)31(2)46(60(4,5)37-22-20-36(57-3)21-23-37)44(59-49)28-45(54)51-29-33-14-8-7-13-32(33)26-35(51)30-53/h6-24,27,31,35,44,46,53H,1,25-26,28-30H2,2-5H3/t31-,35+,44+,46-,49+/m1/s1. The first-order chi connectivity index (χ1) is 29.0. The summed E-state index contributed by atoms with van der Waals surface area (Å²) < 4.78 is 19.2. The van der Waals surface area contributed by atoms with Gasteiger partial charge in [-0.3, -0.25) is 19.3 Å². The van der Waals surface area contributed by atoms with Gasteiger partial charge in [-0.25, -0.2) is 0 Å². The first kappa shape index (κ1) is 39.4. The summed E-state index contributed by atoms with van der Waals surface area (Å²) in [6.45, 7) is 11.1. The van der Waals surface area contributed by atoms with E-state index in [0.717, 1.165) is 22.1 Å². The maximum Gasteiger partial charge on any atom is 0.266 e. The number of carbonyl (C=O) groups excluding carboxylic acids is 3. The summed E-state index contributed by atoms with van der Waals surface area (Å²) in [6, 6.07) is 36.1. The lowest BCUT2D eigenvalue weighted by Gasteiger charge is -2.39. The van der Waals surface area contributed by atoms with Crippen molar-refractivity contribution in [2.45, 2.75) is 62.7 Å². The van der Waals surface area contributed by atoms with Crippen LogP contribution in [0.1, 0.15) is 40.4 Å². The van der Waals surface area contributed by atoms with Crippen molar-refractivity contribution in [1.29, 1.82) is 0 Å². The molecule has 0 unspecified atom stereocenters. The summed E-state index contributed by atoms with van der Waals surface area (Å²) in [5.74, 6) is 0.696. The van der Waals surface area contributed by atoms with E-state index in [0.29, 0.717) is 52.7 Å². The molecule has 5 aromatic rings. The van der Waals surface area contributed by atoms with Gasteiger partial charge in [0.25, 0.3) is 11.8 Å². The Morgan fingerprint density at radius 3 is 2.35 bits per heavy atom. The molecule has 0 aliphatic carbocycles. The topological polar surface area (TPSA) is 109 Å². The lowest BCUT2D eigenvalue weighted by atomic mass is 9.82. The highest BCUT2D eigenvalue weighted by Crippen LogP contribution is 2.61. The number of fused-ring (bicyclic) bond motifs is 5. The molecule has 60 heavy (non-hydrogen) atoms. The molecule has 1 saturated heterocycles. The Morgan fingerprint density at radius 1 is 0.917 bits per heavy atom. The van der Waals surface area contributed by atoms with Crippen LogP contribution in [-0.2, 0) is 32.9 Å². The third-order valence-electron chi connectivity index (χ3n) is 13.3. The zero-order chi connectivity index (χ0) is 41.9. The first-order valence-corrected chi connectivity index (χ1v) is 23.7. The van der Waals surface area contributed by atoms with E-state index in [9.17, 15) is 14.7 Å². The van der Waals surface area contributed by atoms with E-state index in [1.807, 2.05) is 84.9 Å². The summed E-state index contributed by atoms with van der Waals surface area (Å²) in [4.78, 5) is 49.8. The first-order valence-electron chi connectivity index (χ1n) is 20.6. The predicted octanol–water partition coefficient (Wildman–Crippen LogP) is 7.86. The number of carbonyl (C=O) groups is 3. The van der Waals surface area contributed by atoms with Crippen molar-refractivity contribution in [2.24, 2.45) is 5.92 Å². The van der Waals surface area contributed by atoms with Crippen molar-refractivity contribution in [3.05, 3.63) is 150 Å². The molecule has 1 spiro atoms. The number of para-hydroxylation sites is 3. The normalized spacial score (nSPS) is 23.1. The summed E-state index contributed by atoms with van der Waals surface area (Å²) >= 11 is 0. The number of hydrogen-bond donors (Lipinski definition) is 1. The van der Waals surface area contributed by atoms with Gasteiger partial charge in [0.15, 0.2) is 11.4 Å². The Bertz CT molecular complexity index is 2520. The number of amides is 3. The third-order valence-corrected chi connectivity index (χ3v) is 17.7. The molecular weight excluding hydrogens is 771 g/mol. The molecule has 1 N–H and O–H groups in total. The maximum atomic E-state index is 15.3. The second-order valence-corrected chi connectivity index (χ2v) is 21.5.